The largest absolute Gasteiger partial charge is 0.459 e. The minimum Gasteiger partial charge on any atom is -0.459 e. The highest BCUT2D eigenvalue weighted by atomic mass is 35.5. The van der Waals surface area contributed by atoms with Gasteiger partial charge in [0.05, 0.1) is 6.54 Å². The van der Waals surface area contributed by atoms with Crippen molar-refractivity contribution in [2.45, 2.75) is 26.3 Å². The number of nitrogens with zero attached hydrogens (tertiary/aromatic N) is 3. The molecule has 162 valence electrons. The number of benzene rings is 1. The van der Waals surface area contributed by atoms with Crippen molar-refractivity contribution in [1.82, 2.24) is 15.3 Å². The van der Waals surface area contributed by atoms with Crippen molar-refractivity contribution in [2.75, 3.05) is 23.3 Å². The third-order valence-electron chi connectivity index (χ3n) is 5.23. The minimum atomic E-state index is 0.375. The van der Waals surface area contributed by atoms with Crippen LogP contribution in [0.1, 0.15) is 25.5 Å². The first-order valence-corrected chi connectivity index (χ1v) is 11.3. The molecule has 1 saturated heterocycles. The fourth-order valence-electron chi connectivity index (χ4n) is 3.42. The molecule has 2 N–H and O–H groups in total. The molecule has 3 aromatic rings. The number of hydrogen-bond donors (Lipinski definition) is 2. The Kier molecular flexibility index (Phi) is 6.95. The summed E-state index contributed by atoms with van der Waals surface area (Å²) in [7, 11) is 0. The number of thiocarbonyl (C=S) groups is 1. The molecule has 1 aliphatic rings. The van der Waals surface area contributed by atoms with Crippen molar-refractivity contribution >= 4 is 52.3 Å². The molecular weight excluding hydrogens is 453 g/mol. The maximum atomic E-state index is 6.22. The molecule has 3 heterocycles. The van der Waals surface area contributed by atoms with Gasteiger partial charge in [0.15, 0.2) is 5.11 Å². The Morgan fingerprint density at radius 1 is 1.13 bits per heavy atom. The summed E-state index contributed by atoms with van der Waals surface area (Å²) in [5.74, 6) is 3.45. The van der Waals surface area contributed by atoms with Gasteiger partial charge in [-0.1, -0.05) is 30.1 Å². The van der Waals surface area contributed by atoms with Crippen LogP contribution in [0.2, 0.25) is 10.2 Å². The van der Waals surface area contributed by atoms with E-state index >= 15 is 0 Å². The number of rotatable bonds is 5. The molecule has 1 aromatic carbocycles. The maximum Gasteiger partial charge on any atom is 0.232 e. The van der Waals surface area contributed by atoms with Crippen LogP contribution in [0.3, 0.4) is 0 Å². The Bertz CT molecular complexity index is 1050. The van der Waals surface area contributed by atoms with Gasteiger partial charge in [0.1, 0.15) is 22.5 Å². The van der Waals surface area contributed by atoms with E-state index in [1.807, 2.05) is 36.4 Å². The van der Waals surface area contributed by atoms with Gasteiger partial charge in [-0.2, -0.15) is 4.98 Å². The van der Waals surface area contributed by atoms with Crippen molar-refractivity contribution in [1.29, 1.82) is 0 Å². The molecule has 0 bridgehead atoms. The first-order valence-electron chi connectivity index (χ1n) is 10.2. The number of piperidine rings is 1. The van der Waals surface area contributed by atoms with Crippen LogP contribution in [0.5, 0.6) is 0 Å². The average molecular weight is 476 g/mol. The zero-order valence-corrected chi connectivity index (χ0v) is 19.4. The highest BCUT2D eigenvalue weighted by molar-refractivity contribution is 7.80. The monoisotopic (exact) mass is 475 g/mol. The fourth-order valence-corrected chi connectivity index (χ4v) is 3.88. The van der Waals surface area contributed by atoms with Gasteiger partial charge in [0.25, 0.3) is 0 Å². The number of anilines is 2. The first-order chi connectivity index (χ1) is 15.0. The molecular formula is C22H23Cl2N5OS. The van der Waals surface area contributed by atoms with Crippen molar-refractivity contribution in [3.63, 3.8) is 0 Å². The van der Waals surface area contributed by atoms with E-state index in [-0.39, 0.29) is 0 Å². The molecule has 0 atom stereocenters. The van der Waals surface area contributed by atoms with E-state index in [9.17, 15) is 0 Å². The second kappa shape index (κ2) is 9.85. The Labute approximate surface area is 197 Å². The number of hydrogen-bond acceptors (Lipinski definition) is 5. The second-order valence-electron chi connectivity index (χ2n) is 7.62. The van der Waals surface area contributed by atoms with E-state index in [0.29, 0.717) is 27.8 Å². The summed E-state index contributed by atoms with van der Waals surface area (Å²) in [6.07, 6.45) is 2.29. The van der Waals surface area contributed by atoms with E-state index in [1.54, 1.807) is 6.07 Å². The van der Waals surface area contributed by atoms with Gasteiger partial charge in [0, 0.05) is 29.7 Å². The standard InChI is InChI=1S/C22H23Cl2N5OS/c1-14-8-10-29(11-9-14)20-12-19(24)26-21(27-20)28-22(31)25-13-17-6-7-18(30-17)15-2-4-16(23)5-3-15/h2-7,12,14H,8-11,13H2,1H3,(H2,25,26,27,28,31). The van der Waals surface area contributed by atoms with E-state index in [1.165, 1.54) is 0 Å². The average Bonchev–Trinajstić information content (AvgIpc) is 3.22. The van der Waals surface area contributed by atoms with Gasteiger partial charge in [-0.15, -0.1) is 0 Å². The van der Waals surface area contributed by atoms with Gasteiger partial charge < -0.3 is 20.0 Å². The number of furan rings is 1. The number of nitrogens with one attached hydrogen (secondary N) is 2. The topological polar surface area (TPSA) is 66.2 Å². The highest BCUT2D eigenvalue weighted by Gasteiger charge is 2.18. The molecule has 0 spiro atoms. The molecule has 2 aromatic heterocycles. The number of aromatic nitrogens is 2. The molecule has 0 amide bonds. The van der Waals surface area contributed by atoms with Crippen LogP contribution >= 0.6 is 35.4 Å². The van der Waals surface area contributed by atoms with Crippen LogP contribution in [0.25, 0.3) is 11.3 Å². The van der Waals surface area contributed by atoms with Gasteiger partial charge in [-0.05, 0) is 67.4 Å². The smallest absolute Gasteiger partial charge is 0.232 e. The summed E-state index contributed by atoms with van der Waals surface area (Å²) >= 11 is 17.6. The SMILES string of the molecule is CC1CCN(c2cc(Cl)nc(NC(=S)NCc3ccc(-c4ccc(Cl)cc4)o3)n2)CC1. The Morgan fingerprint density at radius 2 is 1.87 bits per heavy atom. The highest BCUT2D eigenvalue weighted by Crippen LogP contribution is 2.25. The molecule has 9 heteroatoms. The molecule has 1 fully saturated rings. The van der Waals surface area contributed by atoms with E-state index in [0.717, 1.165) is 54.8 Å². The molecule has 0 unspecified atom stereocenters. The first kappa shape index (κ1) is 21.9. The van der Waals surface area contributed by atoms with Crippen LogP contribution in [0.4, 0.5) is 11.8 Å². The van der Waals surface area contributed by atoms with Crippen LogP contribution in [0.15, 0.2) is 46.9 Å². The molecule has 4 rings (SSSR count). The van der Waals surface area contributed by atoms with Gasteiger partial charge in [-0.25, -0.2) is 4.98 Å². The lowest BCUT2D eigenvalue weighted by atomic mass is 9.99. The van der Waals surface area contributed by atoms with Crippen LogP contribution in [0, 0.1) is 5.92 Å². The second-order valence-corrected chi connectivity index (χ2v) is 8.85. The van der Waals surface area contributed by atoms with E-state index < -0.39 is 0 Å². The molecule has 0 saturated carbocycles. The normalized spacial score (nSPS) is 14.5. The Hall–Kier alpha value is -2.35. The summed E-state index contributed by atoms with van der Waals surface area (Å²) in [6, 6.07) is 13.1. The summed E-state index contributed by atoms with van der Waals surface area (Å²) < 4.78 is 5.88. The van der Waals surface area contributed by atoms with Crippen molar-refractivity contribution in [3.8, 4) is 11.3 Å². The molecule has 0 radical (unpaired) electrons. The molecule has 31 heavy (non-hydrogen) atoms. The van der Waals surface area contributed by atoms with Crippen LogP contribution in [-0.2, 0) is 6.54 Å². The van der Waals surface area contributed by atoms with Gasteiger partial charge >= 0.3 is 0 Å². The quantitative estimate of drug-likeness (QED) is 0.358. The lowest BCUT2D eigenvalue weighted by Crippen LogP contribution is -2.34. The predicted octanol–water partition coefficient (Wildman–Crippen LogP) is 5.77. The van der Waals surface area contributed by atoms with Crippen molar-refractivity contribution in [3.05, 3.63) is 58.4 Å². The van der Waals surface area contributed by atoms with Crippen molar-refractivity contribution < 1.29 is 4.42 Å². The summed E-state index contributed by atoms with van der Waals surface area (Å²) in [5.41, 5.74) is 0.961. The van der Waals surface area contributed by atoms with Crippen molar-refractivity contribution in [2.24, 2.45) is 5.92 Å². The summed E-state index contributed by atoms with van der Waals surface area (Å²) in [4.78, 5) is 11.1. The maximum absolute atomic E-state index is 6.22. The van der Waals surface area contributed by atoms with Gasteiger partial charge in [0.2, 0.25) is 5.95 Å². The lowest BCUT2D eigenvalue weighted by Gasteiger charge is -2.31. The molecule has 6 nitrogen and oxygen atoms in total. The summed E-state index contributed by atoms with van der Waals surface area (Å²) in [6.45, 7) is 4.63. The minimum absolute atomic E-state index is 0.375. The van der Waals surface area contributed by atoms with Crippen LogP contribution in [-0.4, -0.2) is 28.2 Å². The lowest BCUT2D eigenvalue weighted by molar-refractivity contribution is 0.436. The zero-order valence-electron chi connectivity index (χ0n) is 17.1. The molecule has 1 aliphatic heterocycles. The van der Waals surface area contributed by atoms with E-state index in [2.05, 4.69) is 32.4 Å². The third-order valence-corrected chi connectivity index (χ3v) is 5.92. The third kappa shape index (κ3) is 5.87. The Morgan fingerprint density at radius 3 is 2.61 bits per heavy atom. The van der Waals surface area contributed by atoms with Crippen LogP contribution < -0.4 is 15.5 Å². The zero-order chi connectivity index (χ0) is 21.8. The van der Waals surface area contributed by atoms with Gasteiger partial charge in [-0.3, -0.25) is 0 Å². The summed E-state index contributed by atoms with van der Waals surface area (Å²) in [5, 5.41) is 7.60. The molecule has 0 aliphatic carbocycles. The fraction of sp³-hybridized carbons (Fsp3) is 0.318. The predicted molar refractivity (Wildman–Crippen MR) is 130 cm³/mol. The van der Waals surface area contributed by atoms with E-state index in [4.69, 9.17) is 39.8 Å². The Balaban J connectivity index is 1.34. The number of halogens is 2.